The van der Waals surface area contributed by atoms with E-state index < -0.39 is 5.54 Å². The number of carbonyl (C=O) groups excluding carboxylic acids is 1. The molecule has 0 bridgehead atoms. The molecule has 2 fully saturated rings. The zero-order valence-electron chi connectivity index (χ0n) is 13.3. The van der Waals surface area contributed by atoms with Crippen molar-refractivity contribution in [1.82, 2.24) is 10.2 Å². The predicted molar refractivity (Wildman–Crippen MR) is 87.1 cm³/mol. The molecule has 3 nitrogen and oxygen atoms in total. The van der Waals surface area contributed by atoms with Crippen molar-refractivity contribution in [3.05, 3.63) is 22.4 Å². The monoisotopic (exact) mass is 306 g/mol. The smallest absolute Gasteiger partial charge is 0.244 e. The highest BCUT2D eigenvalue weighted by atomic mass is 32.1. The van der Waals surface area contributed by atoms with Gasteiger partial charge >= 0.3 is 0 Å². The molecule has 4 unspecified atom stereocenters. The van der Waals surface area contributed by atoms with Crippen molar-refractivity contribution in [2.75, 3.05) is 6.54 Å². The topological polar surface area (TPSA) is 32.3 Å². The van der Waals surface area contributed by atoms with Crippen LogP contribution in [0.3, 0.4) is 0 Å². The van der Waals surface area contributed by atoms with Crippen LogP contribution in [0.15, 0.2) is 16.8 Å². The van der Waals surface area contributed by atoms with Gasteiger partial charge in [-0.3, -0.25) is 10.1 Å². The first kappa shape index (κ1) is 15.0. The second-order valence-electron chi connectivity index (χ2n) is 7.03. The first-order valence-electron chi connectivity index (χ1n) is 8.14. The van der Waals surface area contributed by atoms with Gasteiger partial charge in [-0.15, -0.1) is 0 Å². The molecule has 1 aliphatic carbocycles. The molecule has 1 saturated carbocycles. The maximum Gasteiger partial charge on any atom is 0.244 e. The fourth-order valence-corrected chi connectivity index (χ4v) is 4.46. The van der Waals surface area contributed by atoms with E-state index in [4.69, 9.17) is 0 Å². The zero-order chi connectivity index (χ0) is 15.0. The molecular formula is C17H26N2OS. The Hall–Kier alpha value is -0.870. The molecule has 1 saturated heterocycles. The summed E-state index contributed by atoms with van der Waals surface area (Å²) < 4.78 is 0. The number of hydrogen-bond donors (Lipinski definition) is 1. The van der Waals surface area contributed by atoms with Crippen molar-refractivity contribution in [3.8, 4) is 0 Å². The van der Waals surface area contributed by atoms with E-state index in [9.17, 15) is 4.79 Å². The predicted octanol–water partition coefficient (Wildman–Crippen LogP) is 3.78. The van der Waals surface area contributed by atoms with Gasteiger partial charge in [0.2, 0.25) is 5.91 Å². The van der Waals surface area contributed by atoms with Crippen LogP contribution in [0.25, 0.3) is 0 Å². The Bertz CT molecular complexity index is 501. The minimum Gasteiger partial charge on any atom is -0.321 e. The Kier molecular flexibility index (Phi) is 4.10. The molecule has 1 N–H and O–H groups in total. The Morgan fingerprint density at radius 2 is 2.29 bits per heavy atom. The maximum absolute atomic E-state index is 12.9. The number of thiophene rings is 1. The second kappa shape index (κ2) is 5.73. The van der Waals surface area contributed by atoms with E-state index in [1.165, 1.54) is 24.8 Å². The molecule has 4 atom stereocenters. The summed E-state index contributed by atoms with van der Waals surface area (Å²) in [5, 5.41) is 7.85. The third-order valence-corrected chi connectivity index (χ3v) is 6.03. The third kappa shape index (κ3) is 2.76. The van der Waals surface area contributed by atoms with Crippen molar-refractivity contribution in [2.45, 2.75) is 58.2 Å². The standard InChI is InChI=1S/C17H26N2OS/c1-4-17(3)16(20)19(10-13-6-5-12(2)9-13)15(18-17)14-7-8-21-11-14/h7-8,11-13,15,18H,4-6,9-10H2,1-3H3. The average molecular weight is 306 g/mol. The number of amides is 1. The van der Waals surface area contributed by atoms with Crippen molar-refractivity contribution >= 4 is 17.2 Å². The minimum atomic E-state index is -0.406. The molecule has 2 aliphatic rings. The molecule has 116 valence electrons. The summed E-state index contributed by atoms with van der Waals surface area (Å²) in [7, 11) is 0. The Morgan fingerprint density at radius 3 is 2.86 bits per heavy atom. The molecule has 0 radical (unpaired) electrons. The molecule has 4 heteroatoms. The molecular weight excluding hydrogens is 280 g/mol. The molecule has 0 spiro atoms. The lowest BCUT2D eigenvalue weighted by Crippen LogP contribution is -2.43. The number of carbonyl (C=O) groups is 1. The number of nitrogens with one attached hydrogen (secondary N) is 1. The molecule has 2 heterocycles. The number of hydrogen-bond acceptors (Lipinski definition) is 3. The zero-order valence-corrected chi connectivity index (χ0v) is 14.1. The van der Waals surface area contributed by atoms with Gasteiger partial charge in [0.15, 0.2) is 0 Å². The summed E-state index contributed by atoms with van der Waals surface area (Å²) in [5.74, 6) is 1.77. The molecule has 1 amide bonds. The van der Waals surface area contributed by atoms with E-state index in [0.717, 1.165) is 18.9 Å². The van der Waals surface area contributed by atoms with E-state index in [1.54, 1.807) is 11.3 Å². The molecule has 0 aromatic carbocycles. The van der Waals surface area contributed by atoms with Crippen molar-refractivity contribution in [1.29, 1.82) is 0 Å². The van der Waals surface area contributed by atoms with E-state index in [2.05, 4.69) is 40.9 Å². The van der Waals surface area contributed by atoms with E-state index in [0.29, 0.717) is 5.92 Å². The van der Waals surface area contributed by atoms with E-state index >= 15 is 0 Å². The van der Waals surface area contributed by atoms with E-state index in [-0.39, 0.29) is 12.1 Å². The van der Waals surface area contributed by atoms with Gasteiger partial charge in [-0.05, 0) is 60.4 Å². The van der Waals surface area contributed by atoms with Crippen LogP contribution in [0.4, 0.5) is 0 Å². The Labute approximate surface area is 131 Å². The highest BCUT2D eigenvalue weighted by Gasteiger charge is 2.47. The van der Waals surface area contributed by atoms with Crippen molar-refractivity contribution in [2.24, 2.45) is 11.8 Å². The lowest BCUT2D eigenvalue weighted by atomic mass is 9.99. The molecule has 3 rings (SSSR count). The largest absolute Gasteiger partial charge is 0.321 e. The van der Waals surface area contributed by atoms with Crippen LogP contribution in [0.2, 0.25) is 0 Å². The quantitative estimate of drug-likeness (QED) is 0.918. The lowest BCUT2D eigenvalue weighted by molar-refractivity contribution is -0.133. The maximum atomic E-state index is 12.9. The van der Waals surface area contributed by atoms with Crippen LogP contribution < -0.4 is 5.32 Å². The van der Waals surface area contributed by atoms with Gasteiger partial charge in [0.1, 0.15) is 6.17 Å². The summed E-state index contributed by atoms with van der Waals surface area (Å²) in [5.41, 5.74) is 0.827. The van der Waals surface area contributed by atoms with Gasteiger partial charge in [0, 0.05) is 6.54 Å². The molecule has 21 heavy (non-hydrogen) atoms. The van der Waals surface area contributed by atoms with E-state index in [1.807, 2.05) is 6.92 Å². The van der Waals surface area contributed by atoms with Gasteiger partial charge in [-0.2, -0.15) is 11.3 Å². The summed E-state index contributed by atoms with van der Waals surface area (Å²) >= 11 is 1.70. The fraction of sp³-hybridized carbons (Fsp3) is 0.706. The van der Waals surface area contributed by atoms with Crippen LogP contribution in [0.5, 0.6) is 0 Å². The van der Waals surface area contributed by atoms with Crippen LogP contribution in [0.1, 0.15) is 58.2 Å². The highest BCUT2D eigenvalue weighted by Crippen LogP contribution is 2.37. The van der Waals surface area contributed by atoms with Crippen molar-refractivity contribution in [3.63, 3.8) is 0 Å². The normalized spacial score (nSPS) is 36.6. The first-order valence-corrected chi connectivity index (χ1v) is 9.08. The summed E-state index contributed by atoms with van der Waals surface area (Å²) in [4.78, 5) is 15.0. The van der Waals surface area contributed by atoms with Crippen LogP contribution in [-0.2, 0) is 4.79 Å². The van der Waals surface area contributed by atoms with Gasteiger partial charge < -0.3 is 4.90 Å². The minimum absolute atomic E-state index is 0.0598. The average Bonchev–Trinajstić information content (AvgIpc) is 3.17. The summed E-state index contributed by atoms with van der Waals surface area (Å²) in [6.07, 6.45) is 4.75. The van der Waals surface area contributed by atoms with Crippen LogP contribution in [-0.4, -0.2) is 22.9 Å². The first-order chi connectivity index (χ1) is 10.0. The molecule has 1 aromatic rings. The Balaban J connectivity index is 1.81. The summed E-state index contributed by atoms with van der Waals surface area (Å²) in [6.45, 7) is 7.38. The van der Waals surface area contributed by atoms with Gasteiger partial charge in [0.05, 0.1) is 5.54 Å². The summed E-state index contributed by atoms with van der Waals surface area (Å²) in [6, 6.07) is 2.14. The lowest BCUT2D eigenvalue weighted by Gasteiger charge is -2.26. The van der Waals surface area contributed by atoms with Gasteiger partial charge in [0.25, 0.3) is 0 Å². The van der Waals surface area contributed by atoms with Crippen molar-refractivity contribution < 1.29 is 4.79 Å². The van der Waals surface area contributed by atoms with Crippen LogP contribution in [0, 0.1) is 11.8 Å². The van der Waals surface area contributed by atoms with Crippen LogP contribution >= 0.6 is 11.3 Å². The SMILES string of the molecule is CCC1(C)NC(c2ccsc2)N(CC2CCC(C)C2)C1=O. The second-order valence-corrected chi connectivity index (χ2v) is 7.81. The number of rotatable bonds is 4. The molecule has 1 aliphatic heterocycles. The highest BCUT2D eigenvalue weighted by molar-refractivity contribution is 7.07. The molecule has 1 aromatic heterocycles. The van der Waals surface area contributed by atoms with Gasteiger partial charge in [-0.1, -0.05) is 20.3 Å². The van der Waals surface area contributed by atoms with Gasteiger partial charge in [-0.25, -0.2) is 0 Å². The third-order valence-electron chi connectivity index (χ3n) is 5.32. The number of nitrogens with zero attached hydrogens (tertiary/aromatic N) is 1. The Morgan fingerprint density at radius 1 is 1.48 bits per heavy atom. The fourth-order valence-electron chi connectivity index (χ4n) is 3.78.